The maximum absolute atomic E-state index is 13.5. The van der Waals surface area contributed by atoms with Gasteiger partial charge in [-0.05, 0) is 251 Å². The molecule has 8 aliphatic carbocycles. The van der Waals surface area contributed by atoms with Gasteiger partial charge >= 0.3 is 67.9 Å². The number of carbonyl (C=O) groups excluding carboxylic acids is 2. The van der Waals surface area contributed by atoms with Crippen LogP contribution in [0.1, 0.15) is 241 Å². The topological polar surface area (TPSA) is 282 Å². The average Bonchev–Trinajstić information content (AvgIpc) is 0.736. The molecule has 6 unspecified atom stereocenters. The number of rotatable bonds is 13. The van der Waals surface area contributed by atoms with Gasteiger partial charge in [0.05, 0.1) is 34.2 Å². The number of ether oxygens (including phenoxy) is 2. The van der Waals surface area contributed by atoms with Crippen LogP contribution in [-0.4, -0.2) is 139 Å². The van der Waals surface area contributed by atoms with Crippen molar-refractivity contribution in [1.82, 2.24) is 0 Å². The Morgan fingerprint density at radius 1 is 0.433 bits per heavy atom. The van der Waals surface area contributed by atoms with Crippen LogP contribution < -0.4 is 21.2 Å². The van der Waals surface area contributed by atoms with Crippen molar-refractivity contribution in [2.75, 3.05) is 0 Å². The van der Waals surface area contributed by atoms with E-state index in [1.54, 1.807) is 65.6 Å². The summed E-state index contributed by atoms with van der Waals surface area (Å²) in [5.74, 6) is -3.92. The molecule has 12 bridgehead atoms. The van der Waals surface area contributed by atoms with Crippen molar-refractivity contribution in [3.05, 3.63) is 168 Å². The van der Waals surface area contributed by atoms with Crippen molar-refractivity contribution in [2.45, 2.75) is 293 Å². The van der Waals surface area contributed by atoms with Gasteiger partial charge in [-0.15, -0.1) is 0 Å². The number of aromatic carboxylic acids is 2. The number of esters is 2. The van der Waals surface area contributed by atoms with E-state index in [4.69, 9.17) is 10.2 Å². The van der Waals surface area contributed by atoms with Gasteiger partial charge in [-0.3, -0.25) is 9.59 Å². The zero-order valence-corrected chi connectivity index (χ0v) is 75.0. The quantitative estimate of drug-likeness (QED) is 0.0213. The Kier molecular flexibility index (Phi) is 33.7. The maximum atomic E-state index is 13.5. The molecule has 4 N–H and O–H groups in total. The molecule has 17 rings (SSSR count). The molecule has 120 heavy (non-hydrogen) atoms. The second kappa shape index (κ2) is 40.3. The van der Waals surface area contributed by atoms with Crippen molar-refractivity contribution >= 4 is 66.8 Å². The van der Waals surface area contributed by atoms with Gasteiger partial charge in [-0.2, -0.15) is 55.7 Å². The zero-order valence-electron chi connectivity index (χ0n) is 68.6. The molecule has 0 amide bonds. The molecule has 0 spiro atoms. The van der Waals surface area contributed by atoms with Crippen LogP contribution in [-0.2, 0) is 83.5 Å². The molecule has 12 aliphatic rings. The van der Waals surface area contributed by atoms with Crippen LogP contribution in [0.15, 0.2) is 138 Å². The summed E-state index contributed by atoms with van der Waals surface area (Å²) < 4.78 is 206. The number of alkyl halides is 10. The van der Waals surface area contributed by atoms with E-state index in [-0.39, 0.29) is 141 Å². The summed E-state index contributed by atoms with van der Waals surface area (Å²) in [5.41, 5.74) is 3.05. The standard InChI is InChI=1S/C20H26I.C18H27OS.2C14H17F5O5S.C8H14OS.2C7H6O2.Cu/c1-19(2,3)15-7-11-17(12-8-15)21-18-13-9-16(10-14-18)20(4,5)6;1-18(2,3)13-7-9-15(10-8-13)20-16-5-4-6-17(20)12-14(19)11-16;2*15-13(16,17)10(14(18,19)25(21,22)23)24-11(20)12-4-7-1-8(5-12)3-9(2-7)6-12;9-6-4-7-2-1-3-8(5-6)10-7;2*8-7(9)6-4-2-1-3-5-6;/h7-14H,1-6H3;7-10,14,16-17,19H,4-6,11-12H2,1-3H3;2*7-10H,1-6H2,(H,21,22,23);6-9H,1-5H2;2*1-5H,(H,8,9);/q2*+1;;;;;;/p-2. The van der Waals surface area contributed by atoms with E-state index in [9.17, 15) is 99.2 Å². The number of carboxylic acid groups (broad SMARTS) is 2. The fraction of sp³-hybridized carbons (Fsp3) is 0.614. The van der Waals surface area contributed by atoms with Gasteiger partial charge in [0.1, 0.15) is 10.5 Å². The van der Waals surface area contributed by atoms with Crippen molar-refractivity contribution in [3.63, 3.8) is 0 Å². The summed E-state index contributed by atoms with van der Waals surface area (Å²) in [6.45, 7) is 20.4. The first-order valence-electron chi connectivity index (χ1n) is 40.5. The van der Waals surface area contributed by atoms with Gasteiger partial charge in [0.25, 0.3) is 12.2 Å². The Hall–Kier alpha value is -5.03. The summed E-state index contributed by atoms with van der Waals surface area (Å²) in [7, 11) is -13.0. The molecule has 5 aromatic rings. The Balaban J connectivity index is 0.000000180. The van der Waals surface area contributed by atoms with Gasteiger partial charge in [0, 0.05) is 51.3 Å². The van der Waals surface area contributed by atoms with Crippen LogP contribution >= 0.6 is 11.8 Å². The fourth-order valence-corrected chi connectivity index (χ4v) is 27.5. The van der Waals surface area contributed by atoms with Crippen LogP contribution in [0.25, 0.3) is 0 Å². The van der Waals surface area contributed by atoms with Crippen LogP contribution in [0, 0.1) is 53.5 Å². The summed E-state index contributed by atoms with van der Waals surface area (Å²) >= 11 is 2.05. The number of aliphatic hydroxyl groups is 2. The monoisotopic (exact) mass is 1930 g/mol. The smallest absolute Gasteiger partial charge is 0.432 e. The number of thioether (sulfide) groups is 1. The molecule has 1 radical (unpaired) electrons. The van der Waals surface area contributed by atoms with Gasteiger partial charge in [-0.1, -0.05) is 142 Å². The summed E-state index contributed by atoms with van der Waals surface area (Å²) in [4.78, 5) is 46.7. The van der Waals surface area contributed by atoms with Crippen LogP contribution in [0.3, 0.4) is 0 Å². The minimum Gasteiger partial charge on any atom is -0.743 e. The van der Waals surface area contributed by atoms with Gasteiger partial charge < -0.3 is 39.0 Å². The van der Waals surface area contributed by atoms with Crippen molar-refractivity contribution in [2.24, 2.45) is 46.3 Å². The first-order valence-corrected chi connectivity index (χ1v) is 47.8. The van der Waals surface area contributed by atoms with Gasteiger partial charge in [0.15, 0.2) is 32.3 Å². The largest absolute Gasteiger partial charge is 0.743 e. The minimum absolute atomic E-state index is 0. The third-order valence-corrected chi connectivity index (χ3v) is 33.5. The molecule has 16 nitrogen and oxygen atoms in total. The summed E-state index contributed by atoms with van der Waals surface area (Å²) in [6, 6.07) is 44.4. The number of benzene rings is 5. The molecule has 0 aromatic heterocycles. The molecule has 4 saturated heterocycles. The van der Waals surface area contributed by atoms with E-state index in [1.165, 1.54) is 62.4 Å². The van der Waals surface area contributed by atoms with Crippen LogP contribution in [0.5, 0.6) is 0 Å². The Labute approximate surface area is 726 Å². The zero-order chi connectivity index (χ0) is 88.0. The predicted molar refractivity (Wildman–Crippen MR) is 429 cm³/mol. The molecule has 8 saturated carbocycles. The van der Waals surface area contributed by atoms with E-state index in [0.29, 0.717) is 22.0 Å². The number of carbonyl (C=O) groups is 4. The Bertz CT molecular complexity index is 4130. The molecule has 671 valence electrons. The third kappa shape index (κ3) is 26.5. The first-order chi connectivity index (χ1) is 55.1. The number of aliphatic hydroxyl groups excluding tert-OH is 2. The second-order valence-electron chi connectivity index (χ2n) is 36.9. The summed E-state index contributed by atoms with van der Waals surface area (Å²) in [5, 5.41) is 27.7. The fourth-order valence-electron chi connectivity index (χ4n) is 19.2. The molecule has 12 fully saturated rings. The number of carboxylic acids is 2. The maximum Gasteiger partial charge on any atom is 0.432 e. The molecule has 5 aromatic carbocycles. The molecular weight excluding hydrogens is 1820 g/mol. The van der Waals surface area contributed by atoms with Crippen molar-refractivity contribution in [1.29, 1.82) is 0 Å². The average molecular weight is 1930 g/mol. The second-order valence-corrected chi connectivity index (χ2v) is 47.0. The molecule has 4 aliphatic heterocycles. The van der Waals surface area contributed by atoms with Crippen molar-refractivity contribution < 1.29 is 157 Å². The summed E-state index contributed by atoms with van der Waals surface area (Å²) in [6.07, 6.45) is -1.57. The van der Waals surface area contributed by atoms with E-state index < -0.39 is 90.0 Å². The minimum atomic E-state index is -6.67. The van der Waals surface area contributed by atoms with E-state index >= 15 is 0 Å². The van der Waals surface area contributed by atoms with Crippen LogP contribution in [0.4, 0.5) is 43.9 Å². The van der Waals surface area contributed by atoms with Crippen LogP contribution in [0.2, 0.25) is 0 Å². The number of hydrogen-bond donors (Lipinski definition) is 4. The third-order valence-electron chi connectivity index (χ3n) is 24.3. The SMILES string of the molecule is CC(C)(C)c1ccc([I+]c2ccc(C(C)(C)C)cc2)cc1.CC(C)(C)c1ccc([S+]2C3CCCC2CC(O)C3)cc1.O=C(O)c1ccccc1.O=C(O)c1ccccc1.O=C(OC(C(F)(F)F)C(F)(F)S(=O)(=O)[O-])C12CC3CC(CC(C3)C1)C2.O=C(OC(C(F)(F)F)C(F)(F)S(=O)(=O)[O-])C12CC3CC(CC(C3)C1)C2.OC1CC2CCCC(C1)S2.[Cu]. The molecular formula is C88H111CuF10IO16S4. The number of hydrogen-bond acceptors (Lipinski definition) is 15. The number of fused-ring (bicyclic) bond motifs is 4. The van der Waals surface area contributed by atoms with E-state index in [1.807, 2.05) is 0 Å². The number of halogens is 11. The van der Waals surface area contributed by atoms with Crippen molar-refractivity contribution in [3.8, 4) is 0 Å². The van der Waals surface area contributed by atoms with Gasteiger partial charge in [0.2, 0.25) is 0 Å². The normalized spacial score (nSPS) is 28.2. The predicted octanol–water partition coefficient (Wildman–Crippen LogP) is 16.6. The van der Waals surface area contributed by atoms with E-state index in [0.717, 1.165) is 85.2 Å². The molecule has 32 heteroatoms. The molecule has 6 atom stereocenters. The Morgan fingerprint density at radius 3 is 0.967 bits per heavy atom. The molecule has 4 heterocycles. The van der Waals surface area contributed by atoms with Gasteiger partial charge in [-0.25, -0.2) is 26.4 Å². The van der Waals surface area contributed by atoms with E-state index in [2.05, 4.69) is 156 Å². The first kappa shape index (κ1) is 100. The Morgan fingerprint density at radius 2 is 0.708 bits per heavy atom.